The molecule has 0 fully saturated rings. The number of rotatable bonds is 28. The molecule has 0 spiro atoms. The Morgan fingerprint density at radius 3 is 0.829 bits per heavy atom. The molecule has 544 valence electrons. The Bertz CT molecular complexity index is 4770. The minimum absolute atomic E-state index is 0. The zero-order valence-corrected chi connectivity index (χ0v) is 68.3. The number of hydrogen-bond donors (Lipinski definition) is 2. The SMILES string of the molecule is CCN(CC)c1ccc(C(=C2C=CC(=[N+](CC)Cc3cccc(S(=O)(=O)O)c3)C=C2)c2ccc(N(CC)Cc3cccc(S(=O)(=O)[O-])c3)cc2)cc1.CCN(CC)c1ccc(C(=C2C=CC(=[N+](CC)Cc3cccc(S(=O)(=O)O)c3)C=C2)c2ccc(N(CC)Cc3cccc(S(=O)(=O)[O-])c3)cc2)cc1.[Ba+2]. The zero-order chi connectivity index (χ0) is 74.9. The van der Waals surface area contributed by atoms with E-state index in [1.54, 1.807) is 24.3 Å². The molecular weight excluding hydrogens is 1530 g/mol. The predicted octanol–water partition coefficient (Wildman–Crippen LogP) is 14.2. The quantitative estimate of drug-likeness (QED) is 0.0263. The van der Waals surface area contributed by atoms with E-state index in [4.69, 9.17) is 0 Å². The van der Waals surface area contributed by atoms with Crippen LogP contribution in [0.5, 0.6) is 0 Å². The van der Waals surface area contributed by atoms with Crippen LogP contribution in [0.15, 0.2) is 273 Å². The zero-order valence-electron chi connectivity index (χ0n) is 60.6. The van der Waals surface area contributed by atoms with Crippen LogP contribution in [-0.2, 0) is 66.7 Å². The summed E-state index contributed by atoms with van der Waals surface area (Å²) in [6.45, 7) is 24.9. The van der Waals surface area contributed by atoms with E-state index in [2.05, 4.69) is 202 Å². The maximum atomic E-state index is 11.7. The van der Waals surface area contributed by atoms with Crippen molar-refractivity contribution in [2.75, 3.05) is 72.0 Å². The molecule has 0 radical (unpaired) electrons. The van der Waals surface area contributed by atoms with Crippen LogP contribution in [0.1, 0.15) is 99.9 Å². The number of anilines is 4. The number of nitrogens with zero attached hydrogens (tertiary/aromatic N) is 6. The first-order chi connectivity index (χ1) is 49.7. The Balaban J connectivity index is 0.000000263. The fourth-order valence-corrected chi connectivity index (χ4v) is 15.0. The molecule has 23 heteroatoms. The van der Waals surface area contributed by atoms with Crippen LogP contribution in [0.4, 0.5) is 22.7 Å². The summed E-state index contributed by atoms with van der Waals surface area (Å²) < 4.78 is 140. The number of allylic oxidation sites excluding steroid dienone is 10. The van der Waals surface area contributed by atoms with Gasteiger partial charge in [-0.2, -0.15) is 16.8 Å². The van der Waals surface area contributed by atoms with Crippen LogP contribution < -0.4 is 19.6 Å². The smallest absolute Gasteiger partial charge is 0.744 e. The summed E-state index contributed by atoms with van der Waals surface area (Å²) in [6.07, 6.45) is 16.7. The first-order valence-corrected chi connectivity index (χ1v) is 40.5. The first-order valence-electron chi connectivity index (χ1n) is 34.8. The molecule has 2 aliphatic rings. The topological polar surface area (TPSA) is 242 Å². The molecule has 0 bridgehead atoms. The molecule has 105 heavy (non-hydrogen) atoms. The molecule has 0 amide bonds. The monoisotopic (exact) mass is 1620 g/mol. The molecule has 0 atom stereocenters. The van der Waals surface area contributed by atoms with E-state index in [1.807, 2.05) is 52.0 Å². The number of hydrogen-bond acceptors (Lipinski definition) is 14. The Labute approximate surface area is 660 Å². The van der Waals surface area contributed by atoms with E-state index in [0.29, 0.717) is 52.4 Å². The minimum Gasteiger partial charge on any atom is -0.744 e. The van der Waals surface area contributed by atoms with Gasteiger partial charge in [-0.15, -0.1) is 0 Å². The summed E-state index contributed by atoms with van der Waals surface area (Å²) in [5.41, 5.74) is 17.5. The average molecular weight is 1620 g/mol. The van der Waals surface area contributed by atoms with Crippen molar-refractivity contribution in [1.29, 1.82) is 0 Å². The van der Waals surface area contributed by atoms with Crippen LogP contribution in [0.2, 0.25) is 0 Å². The third kappa shape index (κ3) is 22.1. The summed E-state index contributed by atoms with van der Waals surface area (Å²) in [6, 6.07) is 58.9. The van der Waals surface area contributed by atoms with Gasteiger partial charge in [-0.25, -0.2) is 26.0 Å². The third-order valence-corrected chi connectivity index (χ3v) is 21.8. The van der Waals surface area contributed by atoms with Crippen LogP contribution >= 0.6 is 0 Å². The van der Waals surface area contributed by atoms with Gasteiger partial charge in [-0.3, -0.25) is 9.11 Å². The molecule has 0 aliphatic heterocycles. The molecule has 8 aromatic rings. The maximum absolute atomic E-state index is 11.7. The van der Waals surface area contributed by atoms with Crippen LogP contribution in [0, 0.1) is 0 Å². The average Bonchev–Trinajstić information content (AvgIpc) is 0.797. The van der Waals surface area contributed by atoms with Crippen molar-refractivity contribution in [1.82, 2.24) is 0 Å². The molecule has 0 saturated heterocycles. The molecular formula is C82H90BaN6O12S4+2. The summed E-state index contributed by atoms with van der Waals surface area (Å²) in [4.78, 5) is 8.14. The van der Waals surface area contributed by atoms with Gasteiger partial charge in [-0.05, 0) is 232 Å². The molecule has 2 N–H and O–H groups in total. The Kier molecular flexibility index (Phi) is 29.5. The second kappa shape index (κ2) is 37.5. The Morgan fingerprint density at radius 1 is 0.333 bits per heavy atom. The predicted molar refractivity (Wildman–Crippen MR) is 421 cm³/mol. The summed E-state index contributed by atoms with van der Waals surface area (Å²) in [5.74, 6) is 0. The standard InChI is InChI=1S/2C41H45N3O6S2.Ba/c2*1-5-42(6-2)36-21-15-33(16-22-36)41(34-17-23-37(24-18-34)43(7-3)29-31-11-9-13-39(27-31)51(45,46)47)35-19-25-38(26-20-35)44(8-4)30-32-12-10-14-40(28-32)52(48,49)50;/h2*9-28H,5-8,29-30H2,1-4H3,(H-,45,46,47,48,49,50);/q;;+2. The second-order valence-electron chi connectivity index (χ2n) is 24.9. The van der Waals surface area contributed by atoms with Gasteiger partial charge in [-0.1, -0.05) is 97.1 Å². The molecule has 0 unspecified atom stereocenters. The molecule has 0 saturated carbocycles. The largest absolute Gasteiger partial charge is 2.00 e. The van der Waals surface area contributed by atoms with Crippen LogP contribution in [0.3, 0.4) is 0 Å². The van der Waals surface area contributed by atoms with E-state index >= 15 is 0 Å². The van der Waals surface area contributed by atoms with Gasteiger partial charge in [0.2, 0.25) is 0 Å². The van der Waals surface area contributed by atoms with E-state index in [1.165, 1.54) is 48.5 Å². The minimum atomic E-state index is -4.55. The molecule has 18 nitrogen and oxygen atoms in total. The second-order valence-corrected chi connectivity index (χ2v) is 30.5. The van der Waals surface area contributed by atoms with Crippen molar-refractivity contribution in [2.45, 2.75) is 101 Å². The van der Waals surface area contributed by atoms with Crippen molar-refractivity contribution in [3.8, 4) is 0 Å². The van der Waals surface area contributed by atoms with E-state index in [9.17, 15) is 51.9 Å². The fraction of sp³-hybridized carbons (Fsp3) is 0.244. The summed E-state index contributed by atoms with van der Waals surface area (Å²) in [5, 5.41) is 0. The molecule has 10 rings (SSSR count). The van der Waals surface area contributed by atoms with E-state index in [-0.39, 0.29) is 68.5 Å². The van der Waals surface area contributed by atoms with Crippen LogP contribution in [-0.4, -0.2) is 174 Å². The van der Waals surface area contributed by atoms with Crippen molar-refractivity contribution in [3.05, 3.63) is 298 Å². The van der Waals surface area contributed by atoms with Gasteiger partial charge < -0.3 is 28.7 Å². The van der Waals surface area contributed by atoms with Gasteiger partial charge in [0.05, 0.1) is 19.6 Å². The maximum Gasteiger partial charge on any atom is 2.00 e. The van der Waals surface area contributed by atoms with Crippen molar-refractivity contribution in [2.24, 2.45) is 0 Å². The van der Waals surface area contributed by atoms with Gasteiger partial charge >= 0.3 is 48.9 Å². The van der Waals surface area contributed by atoms with Gasteiger partial charge in [0, 0.05) is 111 Å². The molecule has 0 heterocycles. The van der Waals surface area contributed by atoms with Gasteiger partial charge in [0.1, 0.15) is 33.3 Å². The van der Waals surface area contributed by atoms with Crippen molar-refractivity contribution >= 4 is 135 Å². The number of benzene rings is 8. The Morgan fingerprint density at radius 2 is 0.581 bits per heavy atom. The normalized spacial score (nSPS) is 12.8. The van der Waals surface area contributed by atoms with Crippen molar-refractivity contribution < 1.29 is 61.0 Å². The summed E-state index contributed by atoms with van der Waals surface area (Å²) >= 11 is 0. The third-order valence-electron chi connectivity index (χ3n) is 18.4. The van der Waals surface area contributed by atoms with Crippen molar-refractivity contribution in [3.63, 3.8) is 0 Å². The summed E-state index contributed by atoms with van der Waals surface area (Å²) in [7, 11) is -17.7. The molecule has 2 aliphatic carbocycles. The van der Waals surface area contributed by atoms with Gasteiger partial charge in [0.25, 0.3) is 20.2 Å². The van der Waals surface area contributed by atoms with E-state index < -0.39 is 40.5 Å². The van der Waals surface area contributed by atoms with E-state index in [0.717, 1.165) is 127 Å². The molecule has 0 aromatic heterocycles. The molecule has 8 aromatic carbocycles. The first kappa shape index (κ1) is 82.6. The van der Waals surface area contributed by atoms with Crippen LogP contribution in [0.25, 0.3) is 11.1 Å². The fourth-order valence-electron chi connectivity index (χ4n) is 12.8. The van der Waals surface area contributed by atoms with Gasteiger partial charge in [0.15, 0.2) is 24.5 Å². The Hall–Kier alpha value is -8.05.